The molecule has 0 spiro atoms. The first-order valence-corrected chi connectivity index (χ1v) is 10.7. The summed E-state index contributed by atoms with van der Waals surface area (Å²) in [5, 5.41) is 0. The van der Waals surface area contributed by atoms with Gasteiger partial charge in [0.1, 0.15) is 12.4 Å². The number of hydrogen-bond donors (Lipinski definition) is 1. The molecule has 1 amide bonds. The molecule has 7 nitrogen and oxygen atoms in total. The van der Waals surface area contributed by atoms with Crippen molar-refractivity contribution >= 4 is 15.9 Å². The van der Waals surface area contributed by atoms with Crippen LogP contribution in [0.15, 0.2) is 29.4 Å². The number of alkyl halides is 3. The first kappa shape index (κ1) is 23.9. The van der Waals surface area contributed by atoms with Crippen molar-refractivity contribution in [3.63, 3.8) is 0 Å². The minimum absolute atomic E-state index is 0.0923. The second-order valence-corrected chi connectivity index (χ2v) is 8.92. The zero-order valence-electron chi connectivity index (χ0n) is 17.2. The van der Waals surface area contributed by atoms with E-state index in [1.54, 1.807) is 26.0 Å². The molecule has 1 aromatic carbocycles. The average molecular weight is 446 g/mol. The van der Waals surface area contributed by atoms with Gasteiger partial charge in [0.2, 0.25) is 15.9 Å². The van der Waals surface area contributed by atoms with Crippen LogP contribution in [0.1, 0.15) is 28.9 Å². The topological polar surface area (TPSA) is 84.3 Å². The van der Waals surface area contributed by atoms with Gasteiger partial charge >= 0.3 is 6.18 Å². The van der Waals surface area contributed by atoms with Gasteiger partial charge in [-0.2, -0.15) is 13.2 Å². The fraction of sp³-hybridized carbons (Fsp3) is 0.474. The number of nitrogens with zero attached hydrogens (tertiary/aromatic N) is 3. The third kappa shape index (κ3) is 6.30. The molecule has 2 rings (SSSR count). The number of sulfonamides is 1. The number of halogens is 3. The Hall–Kier alpha value is -2.40. The Labute approximate surface area is 174 Å². The van der Waals surface area contributed by atoms with Gasteiger partial charge < -0.3 is 9.47 Å². The molecule has 11 heteroatoms. The summed E-state index contributed by atoms with van der Waals surface area (Å²) in [4.78, 5) is 17.6. The number of nitrogens with one attached hydrogen (secondary N) is 1. The molecule has 166 valence electrons. The normalized spacial score (nSPS) is 12.2. The quantitative estimate of drug-likeness (QED) is 0.676. The number of benzene rings is 1. The summed E-state index contributed by atoms with van der Waals surface area (Å²) in [7, 11) is -2.37. The van der Waals surface area contributed by atoms with E-state index in [-0.39, 0.29) is 30.2 Å². The molecule has 0 fully saturated rings. The van der Waals surface area contributed by atoms with Gasteiger partial charge in [0.25, 0.3) is 0 Å². The van der Waals surface area contributed by atoms with Gasteiger partial charge in [0, 0.05) is 32.4 Å². The highest BCUT2D eigenvalue weighted by Gasteiger charge is 2.29. The Morgan fingerprint density at radius 1 is 1.20 bits per heavy atom. The number of rotatable bonds is 8. The SMILES string of the molecule is Cc1cc(C)c(S(=O)(=O)NCCC(=O)N(C)Cc2nccn2CC(F)(F)F)c(C)c1. The van der Waals surface area contributed by atoms with E-state index in [1.807, 2.05) is 6.92 Å². The number of hydrogen-bond acceptors (Lipinski definition) is 4. The molecule has 1 aromatic heterocycles. The van der Waals surface area contributed by atoms with Crippen molar-refractivity contribution in [3.05, 3.63) is 47.0 Å². The van der Waals surface area contributed by atoms with Gasteiger partial charge in [0.15, 0.2) is 0 Å². The zero-order valence-corrected chi connectivity index (χ0v) is 18.1. The van der Waals surface area contributed by atoms with E-state index in [2.05, 4.69) is 9.71 Å². The molecular formula is C19H25F3N4O3S. The predicted octanol–water partition coefficient (Wildman–Crippen LogP) is 2.70. The number of amides is 1. The third-order valence-corrected chi connectivity index (χ3v) is 6.23. The highest BCUT2D eigenvalue weighted by atomic mass is 32.2. The Balaban J connectivity index is 1.96. The van der Waals surface area contributed by atoms with Crippen molar-refractivity contribution in [2.75, 3.05) is 13.6 Å². The van der Waals surface area contributed by atoms with E-state index in [0.717, 1.165) is 10.1 Å². The van der Waals surface area contributed by atoms with Crippen LogP contribution < -0.4 is 4.72 Å². The summed E-state index contributed by atoms with van der Waals surface area (Å²) in [5.41, 5.74) is 2.17. The molecule has 0 saturated heterocycles. The van der Waals surface area contributed by atoms with E-state index in [9.17, 15) is 26.4 Å². The number of carbonyl (C=O) groups excluding carboxylic acids is 1. The molecule has 0 unspecified atom stereocenters. The lowest BCUT2D eigenvalue weighted by Gasteiger charge is -2.19. The van der Waals surface area contributed by atoms with E-state index in [1.165, 1.54) is 24.3 Å². The second kappa shape index (κ2) is 9.17. The van der Waals surface area contributed by atoms with Crippen molar-refractivity contribution in [2.45, 2.75) is 51.4 Å². The van der Waals surface area contributed by atoms with Crippen LogP contribution in [0, 0.1) is 20.8 Å². The highest BCUT2D eigenvalue weighted by Crippen LogP contribution is 2.21. The number of imidazole rings is 1. The van der Waals surface area contributed by atoms with Gasteiger partial charge in [-0.25, -0.2) is 18.1 Å². The van der Waals surface area contributed by atoms with E-state index in [4.69, 9.17) is 0 Å². The maximum atomic E-state index is 12.6. The minimum Gasteiger partial charge on any atom is -0.338 e. The van der Waals surface area contributed by atoms with Crippen molar-refractivity contribution < 1.29 is 26.4 Å². The summed E-state index contributed by atoms with van der Waals surface area (Å²) >= 11 is 0. The van der Waals surface area contributed by atoms with Crippen LogP contribution >= 0.6 is 0 Å². The molecular weight excluding hydrogens is 421 g/mol. The first-order valence-electron chi connectivity index (χ1n) is 9.18. The van der Waals surface area contributed by atoms with Crippen molar-refractivity contribution in [2.24, 2.45) is 0 Å². The van der Waals surface area contributed by atoms with Crippen LogP contribution in [0.4, 0.5) is 13.2 Å². The number of carbonyl (C=O) groups is 1. The Bertz CT molecular complexity index is 993. The molecule has 0 bridgehead atoms. The van der Waals surface area contributed by atoms with Crippen LogP contribution in [-0.2, 0) is 27.9 Å². The van der Waals surface area contributed by atoms with Gasteiger partial charge in [-0.15, -0.1) is 0 Å². The molecule has 0 aliphatic rings. The van der Waals surface area contributed by atoms with Crippen LogP contribution in [0.2, 0.25) is 0 Å². The monoisotopic (exact) mass is 446 g/mol. The Morgan fingerprint density at radius 3 is 2.37 bits per heavy atom. The van der Waals surface area contributed by atoms with Gasteiger partial charge in [-0.05, 0) is 31.9 Å². The van der Waals surface area contributed by atoms with Crippen LogP contribution in [0.25, 0.3) is 0 Å². The lowest BCUT2D eigenvalue weighted by atomic mass is 10.1. The number of aromatic nitrogens is 2. The first-order chi connectivity index (χ1) is 13.8. The molecule has 30 heavy (non-hydrogen) atoms. The zero-order chi connectivity index (χ0) is 22.7. The van der Waals surface area contributed by atoms with Crippen LogP contribution in [0.5, 0.6) is 0 Å². The molecule has 0 atom stereocenters. The van der Waals surface area contributed by atoms with Gasteiger partial charge in [0.05, 0.1) is 11.4 Å². The standard InChI is InChI=1S/C19H25F3N4O3S/c1-13-9-14(2)18(15(3)10-13)30(28,29)24-6-5-17(27)25(4)11-16-23-7-8-26(16)12-19(20,21)22/h7-10,24H,5-6,11-12H2,1-4H3. The van der Waals surface area contributed by atoms with E-state index in [0.29, 0.717) is 11.1 Å². The smallest absolute Gasteiger partial charge is 0.338 e. The summed E-state index contributed by atoms with van der Waals surface area (Å²) in [6, 6.07) is 3.53. The maximum Gasteiger partial charge on any atom is 0.406 e. The molecule has 0 radical (unpaired) electrons. The Morgan fingerprint density at radius 2 is 1.80 bits per heavy atom. The summed E-state index contributed by atoms with van der Waals surface area (Å²) < 4.78 is 66.4. The fourth-order valence-corrected chi connectivity index (χ4v) is 4.76. The number of aryl methyl sites for hydroxylation is 3. The van der Waals surface area contributed by atoms with Gasteiger partial charge in [-0.1, -0.05) is 17.7 Å². The fourth-order valence-electron chi connectivity index (χ4n) is 3.28. The molecule has 1 N–H and O–H groups in total. The molecule has 0 aliphatic carbocycles. The summed E-state index contributed by atoms with van der Waals surface area (Å²) in [6.45, 7) is 3.84. The van der Waals surface area contributed by atoms with Crippen LogP contribution in [0.3, 0.4) is 0 Å². The third-order valence-electron chi connectivity index (χ3n) is 4.46. The molecule has 0 saturated carbocycles. The van der Waals surface area contributed by atoms with Crippen molar-refractivity contribution in [1.82, 2.24) is 19.2 Å². The lowest BCUT2D eigenvalue weighted by molar-refractivity contribution is -0.141. The molecule has 2 aromatic rings. The summed E-state index contributed by atoms with van der Waals surface area (Å²) in [6.07, 6.45) is -2.11. The lowest BCUT2D eigenvalue weighted by Crippen LogP contribution is -2.33. The van der Waals surface area contributed by atoms with Crippen molar-refractivity contribution in [1.29, 1.82) is 0 Å². The maximum absolute atomic E-state index is 12.6. The molecule has 1 heterocycles. The van der Waals surface area contributed by atoms with Crippen LogP contribution in [-0.4, -0.2) is 48.5 Å². The van der Waals surface area contributed by atoms with E-state index >= 15 is 0 Å². The van der Waals surface area contributed by atoms with Crippen molar-refractivity contribution in [3.8, 4) is 0 Å². The van der Waals surface area contributed by atoms with E-state index < -0.39 is 28.7 Å². The molecule has 0 aliphatic heterocycles. The Kier molecular flexibility index (Phi) is 7.30. The second-order valence-electron chi connectivity index (χ2n) is 7.21. The van der Waals surface area contributed by atoms with Gasteiger partial charge in [-0.3, -0.25) is 4.79 Å². The largest absolute Gasteiger partial charge is 0.406 e. The average Bonchev–Trinajstić information content (AvgIpc) is 2.97. The highest BCUT2D eigenvalue weighted by molar-refractivity contribution is 7.89. The predicted molar refractivity (Wildman–Crippen MR) is 105 cm³/mol. The summed E-state index contributed by atoms with van der Waals surface area (Å²) in [5.74, 6) is -0.328. The minimum atomic E-state index is -4.40.